The van der Waals surface area contributed by atoms with Gasteiger partial charge >= 0.3 is 0 Å². The minimum Gasteiger partial charge on any atom is -0.308 e. The van der Waals surface area contributed by atoms with Gasteiger partial charge in [-0.25, -0.2) is 17.2 Å². The number of carbonyl (C=O) groups excluding carboxylic acids is 1. The van der Waals surface area contributed by atoms with Crippen molar-refractivity contribution >= 4 is 21.6 Å². The molecule has 1 saturated heterocycles. The van der Waals surface area contributed by atoms with Gasteiger partial charge in [0.05, 0.1) is 10.6 Å². The molecule has 2 aromatic carbocycles. The molecule has 2 aliphatic rings. The third-order valence-electron chi connectivity index (χ3n) is 5.65. The topological polar surface area (TPSA) is 57.7 Å². The first-order valence-corrected chi connectivity index (χ1v) is 11.1. The first kappa shape index (κ1) is 20.0. The fraction of sp³-hybridized carbons (Fsp3) is 0.381. The Morgan fingerprint density at radius 2 is 1.72 bits per heavy atom. The standard InChI is InChI=1S/C21H22F2N2O3S/c1-14-5-6-16(29(27,28)24-8-3-2-4-9-24)13-18(14)21(26)25-10-7-17-19(23)11-15(22)12-20(17)25/h5-6,11-13H,2-4,7-10H2,1H3. The molecule has 4 rings (SSSR count). The van der Waals surface area contributed by atoms with Crippen molar-refractivity contribution in [1.82, 2.24) is 4.31 Å². The summed E-state index contributed by atoms with van der Waals surface area (Å²) in [6.45, 7) is 2.87. The fourth-order valence-corrected chi connectivity index (χ4v) is 5.57. The van der Waals surface area contributed by atoms with Crippen molar-refractivity contribution in [2.75, 3.05) is 24.5 Å². The molecule has 5 nitrogen and oxygen atoms in total. The van der Waals surface area contributed by atoms with Crippen molar-refractivity contribution in [2.24, 2.45) is 0 Å². The van der Waals surface area contributed by atoms with Crippen molar-refractivity contribution in [3.63, 3.8) is 0 Å². The Labute approximate surface area is 169 Å². The van der Waals surface area contributed by atoms with Gasteiger partial charge in [0.15, 0.2) is 0 Å². The van der Waals surface area contributed by atoms with Crippen LogP contribution in [-0.4, -0.2) is 38.3 Å². The highest BCUT2D eigenvalue weighted by Gasteiger charge is 2.31. The van der Waals surface area contributed by atoms with E-state index in [-0.39, 0.29) is 29.1 Å². The molecule has 2 heterocycles. The third kappa shape index (κ3) is 3.55. The number of carbonyl (C=O) groups is 1. The molecule has 1 fully saturated rings. The predicted molar refractivity (Wildman–Crippen MR) is 106 cm³/mol. The molecular weight excluding hydrogens is 398 g/mol. The maximum Gasteiger partial charge on any atom is 0.258 e. The number of rotatable bonds is 3. The number of hydrogen-bond acceptors (Lipinski definition) is 3. The molecule has 29 heavy (non-hydrogen) atoms. The molecule has 0 unspecified atom stereocenters. The number of anilines is 1. The highest BCUT2D eigenvalue weighted by molar-refractivity contribution is 7.89. The maximum atomic E-state index is 14.0. The smallest absolute Gasteiger partial charge is 0.258 e. The highest BCUT2D eigenvalue weighted by Crippen LogP contribution is 2.33. The summed E-state index contributed by atoms with van der Waals surface area (Å²) in [5.41, 5.74) is 1.34. The number of hydrogen-bond donors (Lipinski definition) is 0. The molecule has 2 aromatic rings. The maximum absolute atomic E-state index is 14.0. The van der Waals surface area contributed by atoms with E-state index in [1.54, 1.807) is 13.0 Å². The lowest BCUT2D eigenvalue weighted by atomic mass is 10.1. The molecule has 0 aromatic heterocycles. The quantitative estimate of drug-likeness (QED) is 0.762. The number of aryl methyl sites for hydroxylation is 1. The van der Waals surface area contributed by atoms with Gasteiger partial charge in [-0.1, -0.05) is 12.5 Å². The van der Waals surface area contributed by atoms with Crippen LogP contribution in [0.5, 0.6) is 0 Å². The second-order valence-corrected chi connectivity index (χ2v) is 9.47. The van der Waals surface area contributed by atoms with Gasteiger partial charge in [0, 0.05) is 36.8 Å². The van der Waals surface area contributed by atoms with Crippen molar-refractivity contribution in [2.45, 2.75) is 37.5 Å². The minimum atomic E-state index is -3.69. The van der Waals surface area contributed by atoms with Gasteiger partial charge in [-0.15, -0.1) is 0 Å². The van der Waals surface area contributed by atoms with Crippen molar-refractivity contribution < 1.29 is 22.0 Å². The normalized spacial score (nSPS) is 17.4. The van der Waals surface area contributed by atoms with Gasteiger partial charge in [-0.3, -0.25) is 4.79 Å². The van der Waals surface area contributed by atoms with Crippen molar-refractivity contribution in [3.8, 4) is 0 Å². The van der Waals surface area contributed by atoms with Crippen LogP contribution in [0.3, 0.4) is 0 Å². The van der Waals surface area contributed by atoms with Gasteiger partial charge in [0.1, 0.15) is 11.6 Å². The average Bonchev–Trinajstić information content (AvgIpc) is 3.12. The van der Waals surface area contributed by atoms with E-state index in [1.165, 1.54) is 21.3 Å². The Kier molecular flexibility index (Phi) is 5.16. The lowest BCUT2D eigenvalue weighted by Gasteiger charge is -2.26. The zero-order valence-corrected chi connectivity index (χ0v) is 16.9. The Hall–Kier alpha value is -2.32. The number of amides is 1. The molecule has 0 radical (unpaired) electrons. The first-order chi connectivity index (χ1) is 13.8. The summed E-state index contributed by atoms with van der Waals surface area (Å²) in [4.78, 5) is 14.6. The van der Waals surface area contributed by atoms with E-state index in [9.17, 15) is 22.0 Å². The number of halogens is 2. The monoisotopic (exact) mass is 420 g/mol. The van der Waals surface area contributed by atoms with Gasteiger partial charge < -0.3 is 4.90 Å². The Bertz CT molecular complexity index is 1080. The molecule has 0 saturated carbocycles. The third-order valence-corrected chi connectivity index (χ3v) is 7.54. The molecule has 0 atom stereocenters. The molecule has 154 valence electrons. The molecule has 0 N–H and O–H groups in total. The molecule has 0 bridgehead atoms. The van der Waals surface area contributed by atoms with E-state index < -0.39 is 27.6 Å². The molecule has 2 aliphatic heterocycles. The Morgan fingerprint density at radius 1 is 1.00 bits per heavy atom. The molecule has 8 heteroatoms. The summed E-state index contributed by atoms with van der Waals surface area (Å²) in [6.07, 6.45) is 2.93. The summed E-state index contributed by atoms with van der Waals surface area (Å²) < 4.78 is 55.2. The van der Waals surface area contributed by atoms with Crippen LogP contribution in [0.2, 0.25) is 0 Å². The van der Waals surface area contributed by atoms with Crippen LogP contribution in [0, 0.1) is 18.6 Å². The fourth-order valence-electron chi connectivity index (χ4n) is 4.02. The van der Waals surface area contributed by atoms with E-state index in [0.29, 0.717) is 24.2 Å². The summed E-state index contributed by atoms with van der Waals surface area (Å²) in [6, 6.07) is 6.45. The Morgan fingerprint density at radius 3 is 2.45 bits per heavy atom. The lowest BCUT2D eigenvalue weighted by Crippen LogP contribution is -2.36. The number of benzene rings is 2. The highest BCUT2D eigenvalue weighted by atomic mass is 32.2. The summed E-state index contributed by atoms with van der Waals surface area (Å²) in [5.74, 6) is -1.88. The minimum absolute atomic E-state index is 0.0678. The number of piperidine rings is 1. The van der Waals surface area contributed by atoms with Crippen LogP contribution in [0.25, 0.3) is 0 Å². The molecule has 1 amide bonds. The predicted octanol–water partition coefficient (Wildman–Crippen LogP) is 3.65. The van der Waals surface area contributed by atoms with E-state index in [2.05, 4.69) is 0 Å². The van der Waals surface area contributed by atoms with Crippen LogP contribution in [0.1, 0.15) is 40.7 Å². The largest absolute Gasteiger partial charge is 0.308 e. The van der Waals surface area contributed by atoms with Crippen LogP contribution < -0.4 is 4.90 Å². The van der Waals surface area contributed by atoms with Gasteiger partial charge in [0.25, 0.3) is 5.91 Å². The first-order valence-electron chi connectivity index (χ1n) is 9.69. The van der Waals surface area contributed by atoms with Gasteiger partial charge in [-0.05, 0) is 49.9 Å². The van der Waals surface area contributed by atoms with Crippen molar-refractivity contribution in [1.29, 1.82) is 0 Å². The van der Waals surface area contributed by atoms with Crippen LogP contribution in [-0.2, 0) is 16.4 Å². The SMILES string of the molecule is Cc1ccc(S(=O)(=O)N2CCCCC2)cc1C(=O)N1CCc2c(F)cc(F)cc21. The number of sulfonamides is 1. The second kappa shape index (κ2) is 7.50. The molecular formula is C21H22F2N2O3S. The summed E-state index contributed by atoms with van der Waals surface area (Å²) in [5, 5.41) is 0. The van der Waals surface area contributed by atoms with Gasteiger partial charge in [-0.2, -0.15) is 4.31 Å². The molecule has 0 spiro atoms. The number of nitrogens with zero attached hydrogens (tertiary/aromatic N) is 2. The second-order valence-electron chi connectivity index (χ2n) is 7.53. The van der Waals surface area contributed by atoms with E-state index in [1.807, 2.05) is 0 Å². The van der Waals surface area contributed by atoms with E-state index >= 15 is 0 Å². The zero-order valence-electron chi connectivity index (χ0n) is 16.1. The van der Waals surface area contributed by atoms with Gasteiger partial charge in [0.2, 0.25) is 10.0 Å². The van der Waals surface area contributed by atoms with E-state index in [4.69, 9.17) is 0 Å². The van der Waals surface area contributed by atoms with Crippen LogP contribution >= 0.6 is 0 Å². The zero-order chi connectivity index (χ0) is 20.8. The Balaban J connectivity index is 1.70. The summed E-state index contributed by atoms with van der Waals surface area (Å²) >= 11 is 0. The summed E-state index contributed by atoms with van der Waals surface area (Å²) in [7, 11) is -3.69. The number of fused-ring (bicyclic) bond motifs is 1. The van der Waals surface area contributed by atoms with E-state index in [0.717, 1.165) is 31.4 Å². The average molecular weight is 420 g/mol. The van der Waals surface area contributed by atoms with Crippen LogP contribution in [0.15, 0.2) is 35.2 Å². The van der Waals surface area contributed by atoms with Crippen LogP contribution in [0.4, 0.5) is 14.5 Å². The lowest BCUT2D eigenvalue weighted by molar-refractivity contribution is 0.0988. The molecule has 0 aliphatic carbocycles. The van der Waals surface area contributed by atoms with Crippen molar-refractivity contribution in [3.05, 3.63) is 58.7 Å².